The molecule has 0 aliphatic carbocycles. The topological polar surface area (TPSA) is 175 Å². The Bertz CT molecular complexity index is 1360. The van der Waals surface area contributed by atoms with E-state index >= 15 is 0 Å². The highest BCUT2D eigenvalue weighted by molar-refractivity contribution is 7.89. The number of para-hydroxylation sites is 2. The number of hydrogen-bond acceptors (Lipinski definition) is 8. The summed E-state index contributed by atoms with van der Waals surface area (Å²) in [5, 5.41) is 19.3. The van der Waals surface area contributed by atoms with Gasteiger partial charge in [0.2, 0.25) is 21.6 Å². The lowest BCUT2D eigenvalue weighted by Gasteiger charge is -2.31. The Morgan fingerprint density at radius 3 is 2.51 bits per heavy atom. The molecule has 4 rings (SSSR count). The molecule has 0 radical (unpaired) electrons. The monoisotopic (exact) mass is 528 g/mol. The van der Waals surface area contributed by atoms with Gasteiger partial charge >= 0.3 is 5.97 Å². The minimum Gasteiger partial charge on any atom is -0.478 e. The molecule has 0 saturated carbocycles. The van der Waals surface area contributed by atoms with Crippen LogP contribution in [0.4, 0.5) is 5.95 Å². The molecule has 0 fully saturated rings. The van der Waals surface area contributed by atoms with Gasteiger partial charge in [-0.3, -0.25) is 4.79 Å². The first-order chi connectivity index (χ1) is 17.8. The van der Waals surface area contributed by atoms with Crippen molar-refractivity contribution in [3.63, 3.8) is 0 Å². The van der Waals surface area contributed by atoms with Crippen LogP contribution in [0.5, 0.6) is 0 Å². The van der Waals surface area contributed by atoms with Crippen molar-refractivity contribution in [2.45, 2.75) is 42.7 Å². The van der Waals surface area contributed by atoms with E-state index in [1.165, 1.54) is 24.3 Å². The minimum atomic E-state index is -4.27. The lowest BCUT2D eigenvalue weighted by molar-refractivity contribution is -0.148. The maximum absolute atomic E-state index is 13.0. The van der Waals surface area contributed by atoms with Gasteiger partial charge in [0.15, 0.2) is 0 Å². The number of benzene rings is 2. The summed E-state index contributed by atoms with van der Waals surface area (Å²) in [4.78, 5) is 37.5. The molecule has 1 aliphatic rings. The van der Waals surface area contributed by atoms with Crippen molar-refractivity contribution in [3.8, 4) is 0 Å². The largest absolute Gasteiger partial charge is 0.478 e. The number of hydrogen-bond donors (Lipinski definition) is 5. The van der Waals surface area contributed by atoms with E-state index < -0.39 is 27.6 Å². The third-order valence-corrected chi connectivity index (χ3v) is 7.34. The highest BCUT2D eigenvalue weighted by Gasteiger charge is 2.44. The second-order valence-corrected chi connectivity index (χ2v) is 10.2. The average molecular weight is 529 g/mol. The van der Waals surface area contributed by atoms with Crippen molar-refractivity contribution in [1.29, 1.82) is 0 Å². The van der Waals surface area contributed by atoms with Crippen LogP contribution < -0.4 is 15.4 Å². The fraction of sp³-hybridized carbons (Fsp3) is 0.333. The van der Waals surface area contributed by atoms with Crippen LogP contribution in [0.3, 0.4) is 0 Å². The molecule has 196 valence electrons. The number of oxime groups is 1. The van der Waals surface area contributed by atoms with Crippen molar-refractivity contribution in [1.82, 2.24) is 20.0 Å². The number of imidazole rings is 1. The quantitative estimate of drug-likeness (QED) is 0.166. The summed E-state index contributed by atoms with van der Waals surface area (Å²) in [7, 11) is -4.27. The smallest absolute Gasteiger partial charge is 0.345 e. The number of carboxylic acids is 1. The van der Waals surface area contributed by atoms with E-state index in [0.717, 1.165) is 11.0 Å². The summed E-state index contributed by atoms with van der Waals surface area (Å²) in [6.07, 6.45) is 1.55. The maximum atomic E-state index is 13.0. The van der Waals surface area contributed by atoms with Crippen LogP contribution in [0, 0.1) is 0 Å². The Balaban J connectivity index is 1.41. The molecular weight excluding hydrogens is 500 g/mol. The van der Waals surface area contributed by atoms with Crippen molar-refractivity contribution in [3.05, 3.63) is 54.6 Å². The lowest BCUT2D eigenvalue weighted by Crippen LogP contribution is -2.66. The zero-order valence-electron chi connectivity index (χ0n) is 19.9. The molecule has 2 heterocycles. The fourth-order valence-electron chi connectivity index (χ4n) is 3.90. The number of anilines is 1. The lowest BCUT2D eigenvalue weighted by atomic mass is 10.0. The molecule has 1 aliphatic heterocycles. The normalized spacial score (nSPS) is 15.0. The van der Waals surface area contributed by atoms with Gasteiger partial charge in [-0.15, -0.1) is 0 Å². The fourth-order valence-corrected chi connectivity index (χ4v) is 5.23. The number of aromatic nitrogens is 2. The van der Waals surface area contributed by atoms with Gasteiger partial charge in [0.05, 0.1) is 15.9 Å². The number of carbonyl (C=O) groups is 2. The van der Waals surface area contributed by atoms with E-state index in [-0.39, 0.29) is 30.1 Å². The number of nitrogens with one attached hydrogen (secondary N) is 4. The van der Waals surface area contributed by atoms with E-state index in [9.17, 15) is 23.1 Å². The molecule has 1 amide bonds. The summed E-state index contributed by atoms with van der Waals surface area (Å²) in [6, 6.07) is 15.0. The zero-order chi connectivity index (χ0) is 26.3. The van der Waals surface area contributed by atoms with Crippen LogP contribution >= 0.6 is 0 Å². The number of amides is 1. The predicted molar refractivity (Wildman–Crippen MR) is 136 cm³/mol. The van der Waals surface area contributed by atoms with Crippen molar-refractivity contribution < 1.29 is 28.0 Å². The molecule has 0 spiro atoms. The number of carbonyl (C=O) groups excluding carboxylic acids is 1. The highest BCUT2D eigenvalue weighted by atomic mass is 32.2. The number of fused-ring (bicyclic) bond motifs is 1. The van der Waals surface area contributed by atoms with Crippen LogP contribution in [-0.4, -0.2) is 59.9 Å². The molecule has 37 heavy (non-hydrogen) atoms. The summed E-state index contributed by atoms with van der Waals surface area (Å²) in [5.74, 6) is -1.70. The summed E-state index contributed by atoms with van der Waals surface area (Å²) >= 11 is 0. The number of rotatable bonds is 13. The molecule has 1 aromatic heterocycles. The van der Waals surface area contributed by atoms with Gasteiger partial charge in [0, 0.05) is 13.0 Å². The number of unbranched alkanes of at least 4 members (excludes halogenated alkanes) is 2. The number of H-pyrrole nitrogens is 1. The third-order valence-electron chi connectivity index (χ3n) is 5.83. The standard InChI is InChI=1S/C24H28N6O6S/c31-21(20-13-16-36-29-20)28-24(22(32)33,30-37(34,35)17-9-3-1-4-10-17)14-7-2-8-15-25-23-26-18-11-5-6-12-19(18)27-23/h1,3-6,9-12,30H,2,7-8,13-16H2,(H,28,31)(H,32,33)(H2,25,26,27). The molecule has 12 nitrogen and oxygen atoms in total. The molecule has 0 bridgehead atoms. The van der Waals surface area contributed by atoms with Crippen LogP contribution in [-0.2, 0) is 24.4 Å². The average Bonchev–Trinajstić information content (AvgIpc) is 3.56. The van der Waals surface area contributed by atoms with Crippen molar-refractivity contribution >= 4 is 44.6 Å². The molecule has 1 unspecified atom stereocenters. The van der Waals surface area contributed by atoms with Gasteiger partial charge in [-0.2, -0.15) is 4.72 Å². The number of aromatic amines is 1. The van der Waals surface area contributed by atoms with Crippen LogP contribution in [0.25, 0.3) is 11.0 Å². The molecule has 5 N–H and O–H groups in total. The van der Waals surface area contributed by atoms with Crippen molar-refractivity contribution in [2.24, 2.45) is 5.16 Å². The van der Waals surface area contributed by atoms with E-state index in [1.54, 1.807) is 6.07 Å². The maximum Gasteiger partial charge on any atom is 0.345 e. The molecule has 0 saturated heterocycles. The number of sulfonamides is 1. The number of carboxylic acid groups (broad SMARTS) is 1. The molecule has 1 atom stereocenters. The Labute approximate surface area is 213 Å². The van der Waals surface area contributed by atoms with E-state index in [4.69, 9.17) is 4.84 Å². The molecule has 3 aromatic rings. The summed E-state index contributed by atoms with van der Waals surface area (Å²) in [5.41, 5.74) is -0.521. The Hall–Kier alpha value is -3.97. The van der Waals surface area contributed by atoms with E-state index in [2.05, 4.69) is 30.5 Å². The Morgan fingerprint density at radius 2 is 1.81 bits per heavy atom. The van der Waals surface area contributed by atoms with Gasteiger partial charge in [0.1, 0.15) is 12.3 Å². The Morgan fingerprint density at radius 1 is 1.05 bits per heavy atom. The molecule has 13 heteroatoms. The minimum absolute atomic E-state index is 0.000399. The first kappa shape index (κ1) is 26.1. The van der Waals surface area contributed by atoms with Gasteiger partial charge < -0.3 is 25.6 Å². The number of aliphatic carboxylic acids is 1. The summed E-state index contributed by atoms with van der Waals surface area (Å²) in [6.45, 7) is 0.757. The van der Waals surface area contributed by atoms with Gasteiger partial charge in [-0.1, -0.05) is 41.9 Å². The zero-order valence-corrected chi connectivity index (χ0v) is 20.8. The predicted octanol–water partition coefficient (Wildman–Crippen LogP) is 2.19. The second kappa shape index (κ2) is 11.4. The van der Waals surface area contributed by atoms with Gasteiger partial charge in [0.25, 0.3) is 5.91 Å². The number of nitrogens with zero attached hydrogens (tertiary/aromatic N) is 2. The molecule has 2 aromatic carbocycles. The SMILES string of the molecule is O=C(NC(CCCCCNc1nc2ccccc2[nH]1)(NS(=O)(=O)c1ccccc1)C(=O)O)C1=NOCC1. The second-order valence-electron chi connectivity index (χ2n) is 8.54. The van der Waals surface area contributed by atoms with Crippen LogP contribution in [0.2, 0.25) is 0 Å². The Kier molecular flexibility index (Phi) is 8.04. The van der Waals surface area contributed by atoms with E-state index in [1.807, 2.05) is 24.3 Å². The van der Waals surface area contributed by atoms with Gasteiger partial charge in [-0.25, -0.2) is 18.2 Å². The summed E-state index contributed by atoms with van der Waals surface area (Å²) < 4.78 is 28.3. The van der Waals surface area contributed by atoms with Crippen LogP contribution in [0.1, 0.15) is 32.1 Å². The first-order valence-corrected chi connectivity index (χ1v) is 13.3. The third kappa shape index (κ3) is 6.43. The van der Waals surface area contributed by atoms with Crippen molar-refractivity contribution in [2.75, 3.05) is 18.5 Å². The van der Waals surface area contributed by atoms with Crippen LogP contribution in [0.15, 0.2) is 64.6 Å². The highest BCUT2D eigenvalue weighted by Crippen LogP contribution is 2.20. The van der Waals surface area contributed by atoms with Gasteiger partial charge in [-0.05, 0) is 43.5 Å². The first-order valence-electron chi connectivity index (χ1n) is 11.8. The van der Waals surface area contributed by atoms with E-state index in [0.29, 0.717) is 31.8 Å². The molecular formula is C24H28N6O6S.